The van der Waals surface area contributed by atoms with Crippen molar-refractivity contribution in [3.05, 3.63) is 42.1 Å². The molecule has 2 saturated carbocycles. The van der Waals surface area contributed by atoms with Crippen LogP contribution in [0.1, 0.15) is 51.6 Å². The molecule has 2 aromatic rings. The number of aromatic nitrogens is 1. The standard InChI is InChI=1S/C22H28N2O2/c1-22(2)17(13-20(22)23-21(25)16-10-6-7-11-16)12-18-14-19(26-24-18)15-8-4-3-5-9-15/h3-5,8-9,14,16-17,20H,6-7,10-13H2,1-2H3,(H,23,25)/t17-,20+/m1/s1. The monoisotopic (exact) mass is 352 g/mol. The molecular weight excluding hydrogens is 324 g/mol. The van der Waals surface area contributed by atoms with E-state index in [0.717, 1.165) is 42.7 Å². The predicted octanol–water partition coefficient (Wildman–Crippen LogP) is 4.61. The Morgan fingerprint density at radius 3 is 2.65 bits per heavy atom. The molecule has 1 aromatic carbocycles. The van der Waals surface area contributed by atoms with Gasteiger partial charge in [0.2, 0.25) is 5.91 Å². The molecule has 26 heavy (non-hydrogen) atoms. The van der Waals surface area contributed by atoms with E-state index in [4.69, 9.17) is 4.52 Å². The normalized spacial score (nSPS) is 25.0. The summed E-state index contributed by atoms with van der Waals surface area (Å²) in [6.45, 7) is 4.53. The van der Waals surface area contributed by atoms with Crippen LogP contribution in [-0.2, 0) is 11.2 Å². The fraction of sp³-hybridized carbons (Fsp3) is 0.545. The van der Waals surface area contributed by atoms with Gasteiger partial charge in [-0.05, 0) is 37.0 Å². The lowest BCUT2D eigenvalue weighted by molar-refractivity contribution is -0.129. The molecule has 1 heterocycles. The van der Waals surface area contributed by atoms with E-state index in [1.165, 1.54) is 12.8 Å². The van der Waals surface area contributed by atoms with Crippen molar-refractivity contribution in [3.8, 4) is 11.3 Å². The van der Waals surface area contributed by atoms with Crippen LogP contribution in [0.5, 0.6) is 0 Å². The number of hydrogen-bond acceptors (Lipinski definition) is 3. The quantitative estimate of drug-likeness (QED) is 0.855. The first kappa shape index (κ1) is 17.3. The average molecular weight is 352 g/mol. The summed E-state index contributed by atoms with van der Waals surface area (Å²) < 4.78 is 5.53. The van der Waals surface area contributed by atoms with Gasteiger partial charge in [0, 0.05) is 23.6 Å². The molecule has 138 valence electrons. The number of amides is 1. The Hall–Kier alpha value is -2.10. The maximum Gasteiger partial charge on any atom is 0.223 e. The molecule has 1 aromatic heterocycles. The first-order valence-corrected chi connectivity index (χ1v) is 9.85. The first-order valence-electron chi connectivity index (χ1n) is 9.85. The summed E-state index contributed by atoms with van der Waals surface area (Å²) >= 11 is 0. The molecule has 1 amide bonds. The van der Waals surface area contributed by atoms with Gasteiger partial charge in [0.1, 0.15) is 0 Å². The summed E-state index contributed by atoms with van der Waals surface area (Å²) in [7, 11) is 0. The maximum atomic E-state index is 12.4. The Morgan fingerprint density at radius 1 is 1.23 bits per heavy atom. The van der Waals surface area contributed by atoms with E-state index in [0.29, 0.717) is 5.92 Å². The second-order valence-electron chi connectivity index (χ2n) is 8.55. The van der Waals surface area contributed by atoms with Gasteiger partial charge in [-0.1, -0.05) is 62.2 Å². The summed E-state index contributed by atoms with van der Waals surface area (Å²) in [4.78, 5) is 12.4. The molecule has 4 heteroatoms. The van der Waals surface area contributed by atoms with Crippen LogP contribution >= 0.6 is 0 Å². The van der Waals surface area contributed by atoms with Crippen molar-refractivity contribution in [1.82, 2.24) is 10.5 Å². The summed E-state index contributed by atoms with van der Waals surface area (Å²) in [5.74, 6) is 1.86. The maximum absolute atomic E-state index is 12.4. The van der Waals surface area contributed by atoms with E-state index in [1.54, 1.807) is 0 Å². The molecule has 0 unspecified atom stereocenters. The Bertz CT molecular complexity index is 759. The lowest BCUT2D eigenvalue weighted by Crippen LogP contribution is -2.59. The third-order valence-corrected chi connectivity index (χ3v) is 6.59. The Balaban J connectivity index is 1.35. The van der Waals surface area contributed by atoms with Crippen molar-refractivity contribution in [3.63, 3.8) is 0 Å². The number of carbonyl (C=O) groups excluding carboxylic acids is 1. The molecule has 0 radical (unpaired) electrons. The number of carbonyl (C=O) groups is 1. The van der Waals surface area contributed by atoms with Crippen LogP contribution in [0.25, 0.3) is 11.3 Å². The third-order valence-electron chi connectivity index (χ3n) is 6.59. The van der Waals surface area contributed by atoms with Crippen molar-refractivity contribution < 1.29 is 9.32 Å². The largest absolute Gasteiger partial charge is 0.356 e. The minimum absolute atomic E-state index is 0.0973. The van der Waals surface area contributed by atoms with Gasteiger partial charge >= 0.3 is 0 Å². The van der Waals surface area contributed by atoms with Gasteiger partial charge in [0.25, 0.3) is 0 Å². The Labute approximate surface area is 155 Å². The van der Waals surface area contributed by atoms with Gasteiger partial charge in [0.15, 0.2) is 5.76 Å². The van der Waals surface area contributed by atoms with Crippen LogP contribution in [0.15, 0.2) is 40.9 Å². The smallest absolute Gasteiger partial charge is 0.223 e. The van der Waals surface area contributed by atoms with Crippen LogP contribution in [-0.4, -0.2) is 17.1 Å². The molecule has 0 aliphatic heterocycles. The van der Waals surface area contributed by atoms with Crippen molar-refractivity contribution in [2.24, 2.45) is 17.3 Å². The van der Waals surface area contributed by atoms with E-state index in [-0.39, 0.29) is 23.3 Å². The van der Waals surface area contributed by atoms with Crippen LogP contribution < -0.4 is 5.32 Å². The van der Waals surface area contributed by atoms with Gasteiger partial charge in [-0.25, -0.2) is 0 Å². The van der Waals surface area contributed by atoms with Crippen LogP contribution in [0, 0.1) is 17.3 Å². The lowest BCUT2D eigenvalue weighted by atomic mass is 9.57. The molecule has 1 N–H and O–H groups in total. The number of rotatable bonds is 5. The molecule has 2 aliphatic rings. The third kappa shape index (κ3) is 3.29. The molecule has 0 spiro atoms. The number of nitrogens with zero attached hydrogens (tertiary/aromatic N) is 1. The summed E-state index contributed by atoms with van der Waals surface area (Å²) in [5, 5.41) is 7.58. The molecular formula is C22H28N2O2. The zero-order valence-electron chi connectivity index (χ0n) is 15.7. The molecule has 4 nitrogen and oxygen atoms in total. The molecule has 0 bridgehead atoms. The van der Waals surface area contributed by atoms with E-state index >= 15 is 0 Å². The van der Waals surface area contributed by atoms with Crippen molar-refractivity contribution >= 4 is 5.91 Å². The topological polar surface area (TPSA) is 55.1 Å². The van der Waals surface area contributed by atoms with Crippen molar-refractivity contribution in [2.45, 2.75) is 58.4 Å². The Kier molecular flexibility index (Phi) is 4.60. The highest BCUT2D eigenvalue weighted by Crippen LogP contribution is 2.48. The fourth-order valence-corrected chi connectivity index (χ4v) is 4.48. The fourth-order valence-electron chi connectivity index (χ4n) is 4.48. The van der Waals surface area contributed by atoms with E-state index in [2.05, 4.69) is 30.4 Å². The number of nitrogens with one attached hydrogen (secondary N) is 1. The van der Waals surface area contributed by atoms with Gasteiger partial charge in [-0.15, -0.1) is 0 Å². The minimum Gasteiger partial charge on any atom is -0.356 e. The summed E-state index contributed by atoms with van der Waals surface area (Å²) in [6, 6.07) is 12.4. The Morgan fingerprint density at radius 2 is 1.96 bits per heavy atom. The van der Waals surface area contributed by atoms with Gasteiger partial charge in [-0.3, -0.25) is 4.79 Å². The molecule has 2 aliphatic carbocycles. The SMILES string of the molecule is CC1(C)[C@H](Cc2cc(-c3ccccc3)on2)C[C@@H]1NC(=O)C1CCCC1. The highest BCUT2D eigenvalue weighted by molar-refractivity contribution is 5.79. The minimum atomic E-state index is 0.0973. The number of benzene rings is 1. The van der Waals surface area contributed by atoms with E-state index in [9.17, 15) is 4.79 Å². The zero-order chi connectivity index (χ0) is 18.1. The zero-order valence-corrected chi connectivity index (χ0v) is 15.7. The van der Waals surface area contributed by atoms with E-state index < -0.39 is 0 Å². The molecule has 4 rings (SSSR count). The summed E-state index contributed by atoms with van der Waals surface area (Å²) in [6.07, 6.45) is 6.45. The molecule has 0 saturated heterocycles. The van der Waals surface area contributed by atoms with Crippen molar-refractivity contribution in [2.75, 3.05) is 0 Å². The average Bonchev–Trinajstić information content (AvgIpc) is 3.33. The second kappa shape index (κ2) is 6.90. The van der Waals surface area contributed by atoms with Crippen LogP contribution in [0.2, 0.25) is 0 Å². The van der Waals surface area contributed by atoms with Crippen LogP contribution in [0.4, 0.5) is 0 Å². The predicted molar refractivity (Wildman–Crippen MR) is 101 cm³/mol. The lowest BCUT2D eigenvalue weighted by Gasteiger charge is -2.52. The summed E-state index contributed by atoms with van der Waals surface area (Å²) in [5.41, 5.74) is 2.16. The highest BCUT2D eigenvalue weighted by atomic mass is 16.5. The first-order chi connectivity index (χ1) is 12.5. The highest BCUT2D eigenvalue weighted by Gasteiger charge is 2.49. The van der Waals surface area contributed by atoms with Gasteiger partial charge in [-0.2, -0.15) is 0 Å². The molecule has 2 atom stereocenters. The number of hydrogen-bond donors (Lipinski definition) is 1. The van der Waals surface area contributed by atoms with E-state index in [1.807, 2.05) is 30.3 Å². The van der Waals surface area contributed by atoms with Gasteiger partial charge in [0.05, 0.1) is 5.69 Å². The second-order valence-corrected chi connectivity index (χ2v) is 8.55. The van der Waals surface area contributed by atoms with Crippen molar-refractivity contribution in [1.29, 1.82) is 0 Å². The molecule has 2 fully saturated rings. The van der Waals surface area contributed by atoms with Gasteiger partial charge < -0.3 is 9.84 Å². The van der Waals surface area contributed by atoms with Crippen LogP contribution in [0.3, 0.4) is 0 Å².